The quantitative estimate of drug-likeness (QED) is 0.665. The summed E-state index contributed by atoms with van der Waals surface area (Å²) >= 11 is 0. The van der Waals surface area contributed by atoms with Crippen molar-refractivity contribution in [1.82, 2.24) is 0 Å². The van der Waals surface area contributed by atoms with E-state index < -0.39 is 40.8 Å². The van der Waals surface area contributed by atoms with E-state index in [0.717, 1.165) is 0 Å². The molecule has 0 saturated carbocycles. The van der Waals surface area contributed by atoms with E-state index in [9.17, 15) is 27.2 Å². The van der Waals surface area contributed by atoms with Crippen LogP contribution in [0.3, 0.4) is 0 Å². The van der Waals surface area contributed by atoms with Gasteiger partial charge >= 0.3 is 5.97 Å². The van der Waals surface area contributed by atoms with Crippen LogP contribution in [0.4, 0.5) is 23.2 Å². The molecule has 1 aromatic carbocycles. The molecule has 0 aromatic heterocycles. The minimum atomic E-state index is -1.75. The van der Waals surface area contributed by atoms with Gasteiger partial charge < -0.3 is 10.4 Å². The summed E-state index contributed by atoms with van der Waals surface area (Å²) in [7, 11) is 0. The predicted molar refractivity (Wildman–Crippen MR) is 68.0 cm³/mol. The van der Waals surface area contributed by atoms with Crippen molar-refractivity contribution < 1.29 is 32.3 Å². The van der Waals surface area contributed by atoms with Crippen LogP contribution in [0.1, 0.15) is 25.7 Å². The molecule has 1 aliphatic carbocycles. The van der Waals surface area contributed by atoms with Crippen molar-refractivity contribution in [2.24, 2.45) is 0 Å². The van der Waals surface area contributed by atoms with Gasteiger partial charge in [0.05, 0.1) is 0 Å². The highest BCUT2D eigenvalue weighted by atomic mass is 19.2. The van der Waals surface area contributed by atoms with Crippen molar-refractivity contribution in [1.29, 1.82) is 0 Å². The number of anilines is 1. The van der Waals surface area contributed by atoms with Crippen LogP contribution in [0.25, 0.3) is 0 Å². The Morgan fingerprint density at radius 3 is 1.95 bits per heavy atom. The molecule has 8 heteroatoms. The minimum Gasteiger partial charge on any atom is -0.478 e. The van der Waals surface area contributed by atoms with Crippen LogP contribution >= 0.6 is 0 Å². The van der Waals surface area contributed by atoms with E-state index in [0.29, 0.717) is 12.8 Å². The average Bonchev–Trinajstić information content (AvgIpc) is 2.49. The van der Waals surface area contributed by atoms with Gasteiger partial charge in [0.15, 0.2) is 23.3 Å². The first-order chi connectivity index (χ1) is 10.3. The van der Waals surface area contributed by atoms with E-state index >= 15 is 0 Å². The number of hydrogen-bond acceptors (Lipinski definition) is 2. The van der Waals surface area contributed by atoms with Gasteiger partial charge in [-0.25, -0.2) is 22.4 Å². The maximum absolute atomic E-state index is 13.5. The summed E-state index contributed by atoms with van der Waals surface area (Å²) in [5, 5.41) is 10.7. The Hall–Kier alpha value is -2.38. The van der Waals surface area contributed by atoms with Gasteiger partial charge in [-0.3, -0.25) is 4.79 Å². The molecule has 0 saturated heterocycles. The van der Waals surface area contributed by atoms with Crippen molar-refractivity contribution in [3.63, 3.8) is 0 Å². The molecule has 0 bridgehead atoms. The van der Waals surface area contributed by atoms with Crippen molar-refractivity contribution in [3.8, 4) is 0 Å². The lowest BCUT2D eigenvalue weighted by atomic mass is 9.91. The molecule has 0 heterocycles. The second-order valence-corrected chi connectivity index (χ2v) is 4.77. The van der Waals surface area contributed by atoms with Crippen LogP contribution in [-0.4, -0.2) is 17.0 Å². The average molecular weight is 317 g/mol. The third kappa shape index (κ3) is 2.95. The highest BCUT2D eigenvalue weighted by Gasteiger charge is 2.26. The Balaban J connectivity index is 2.39. The smallest absolute Gasteiger partial charge is 0.332 e. The number of amides is 1. The van der Waals surface area contributed by atoms with Gasteiger partial charge in [-0.2, -0.15) is 0 Å². The molecule has 4 nitrogen and oxygen atoms in total. The highest BCUT2D eigenvalue weighted by molar-refractivity contribution is 6.08. The first-order valence-electron chi connectivity index (χ1n) is 6.42. The molecule has 0 atom stereocenters. The van der Waals surface area contributed by atoms with Gasteiger partial charge in [-0.05, 0) is 25.7 Å². The molecule has 118 valence electrons. The first kappa shape index (κ1) is 16.0. The zero-order chi connectivity index (χ0) is 16.4. The number of halogens is 4. The van der Waals surface area contributed by atoms with Gasteiger partial charge in [0.25, 0.3) is 5.91 Å². The number of nitrogens with one attached hydrogen (secondary N) is 1. The van der Waals surface area contributed by atoms with Crippen molar-refractivity contribution >= 4 is 17.6 Å². The zero-order valence-electron chi connectivity index (χ0n) is 11.2. The molecule has 1 aromatic rings. The van der Waals surface area contributed by atoms with E-state index in [2.05, 4.69) is 0 Å². The second-order valence-electron chi connectivity index (χ2n) is 4.77. The Morgan fingerprint density at radius 2 is 1.45 bits per heavy atom. The summed E-state index contributed by atoms with van der Waals surface area (Å²) < 4.78 is 53.2. The number of rotatable bonds is 3. The van der Waals surface area contributed by atoms with Gasteiger partial charge in [0, 0.05) is 17.2 Å². The normalized spacial score (nSPS) is 14.9. The molecule has 2 N–H and O–H groups in total. The van der Waals surface area contributed by atoms with Crippen molar-refractivity contribution in [3.05, 3.63) is 40.5 Å². The number of carbonyl (C=O) groups is 2. The Labute approximate surface area is 122 Å². The minimum absolute atomic E-state index is 0.0167. The van der Waals surface area contributed by atoms with Gasteiger partial charge in [-0.1, -0.05) is 0 Å². The van der Waals surface area contributed by atoms with E-state index in [-0.39, 0.29) is 30.1 Å². The first-order valence-corrected chi connectivity index (χ1v) is 6.42. The summed E-state index contributed by atoms with van der Waals surface area (Å²) in [6, 6.07) is 0.0167. The molecule has 0 unspecified atom stereocenters. The van der Waals surface area contributed by atoms with Crippen LogP contribution < -0.4 is 5.32 Å². The van der Waals surface area contributed by atoms with E-state index in [1.165, 1.54) is 0 Å². The molecule has 1 amide bonds. The topological polar surface area (TPSA) is 66.4 Å². The standard InChI is InChI=1S/C14H11F4NO3/c15-8-5-9(16)11(18)12(10(8)17)19-13(20)6-3-1-2-4-7(6)14(21)22/h5H,1-4H2,(H,19,20)(H,21,22). The molecular weight excluding hydrogens is 306 g/mol. The lowest BCUT2D eigenvalue weighted by Crippen LogP contribution is -2.22. The van der Waals surface area contributed by atoms with E-state index in [4.69, 9.17) is 5.11 Å². The fraction of sp³-hybridized carbons (Fsp3) is 0.286. The maximum atomic E-state index is 13.5. The molecule has 0 fully saturated rings. The monoisotopic (exact) mass is 317 g/mol. The lowest BCUT2D eigenvalue weighted by molar-refractivity contribution is -0.133. The summed E-state index contributed by atoms with van der Waals surface area (Å²) in [5.74, 6) is -9.22. The summed E-state index contributed by atoms with van der Waals surface area (Å²) in [4.78, 5) is 23.1. The molecule has 0 radical (unpaired) electrons. The van der Waals surface area contributed by atoms with E-state index in [1.54, 1.807) is 5.32 Å². The molecule has 2 rings (SSSR count). The van der Waals surface area contributed by atoms with Crippen LogP contribution in [0.5, 0.6) is 0 Å². The molecule has 1 aliphatic rings. The number of aliphatic carboxylic acids is 1. The van der Waals surface area contributed by atoms with Crippen LogP contribution in [0.2, 0.25) is 0 Å². The number of carbonyl (C=O) groups excluding carboxylic acids is 1. The molecular formula is C14H11F4NO3. The lowest BCUT2D eigenvalue weighted by Gasteiger charge is -2.17. The van der Waals surface area contributed by atoms with Crippen molar-refractivity contribution in [2.45, 2.75) is 25.7 Å². The van der Waals surface area contributed by atoms with Gasteiger partial charge in [0.2, 0.25) is 0 Å². The number of carboxylic acid groups (broad SMARTS) is 1. The summed E-state index contributed by atoms with van der Waals surface area (Å²) in [6.45, 7) is 0. The number of benzene rings is 1. The van der Waals surface area contributed by atoms with Gasteiger partial charge in [-0.15, -0.1) is 0 Å². The Kier molecular flexibility index (Phi) is 4.48. The number of hydrogen-bond donors (Lipinski definition) is 2. The van der Waals surface area contributed by atoms with Crippen LogP contribution in [-0.2, 0) is 9.59 Å². The highest BCUT2D eigenvalue weighted by Crippen LogP contribution is 2.28. The fourth-order valence-electron chi connectivity index (χ4n) is 2.26. The molecule has 22 heavy (non-hydrogen) atoms. The Bertz CT molecular complexity index is 659. The third-order valence-electron chi connectivity index (χ3n) is 3.35. The van der Waals surface area contributed by atoms with Crippen LogP contribution in [0.15, 0.2) is 17.2 Å². The molecule has 0 aliphatic heterocycles. The zero-order valence-corrected chi connectivity index (χ0v) is 11.2. The van der Waals surface area contributed by atoms with E-state index in [1.807, 2.05) is 0 Å². The predicted octanol–water partition coefficient (Wildman–Crippen LogP) is 3.14. The Morgan fingerprint density at radius 1 is 0.955 bits per heavy atom. The summed E-state index contributed by atoms with van der Waals surface area (Å²) in [6.07, 6.45) is 1.34. The van der Waals surface area contributed by atoms with Crippen LogP contribution in [0, 0.1) is 23.3 Å². The fourth-order valence-corrected chi connectivity index (χ4v) is 2.26. The number of carboxylic acids is 1. The third-order valence-corrected chi connectivity index (χ3v) is 3.35. The van der Waals surface area contributed by atoms with Crippen molar-refractivity contribution in [2.75, 3.05) is 5.32 Å². The summed E-state index contributed by atoms with van der Waals surface area (Å²) in [5.41, 5.74) is -1.59. The molecule has 0 spiro atoms. The van der Waals surface area contributed by atoms with Gasteiger partial charge in [0.1, 0.15) is 5.69 Å². The maximum Gasteiger partial charge on any atom is 0.332 e. The SMILES string of the molecule is O=C(O)C1=C(C(=O)Nc2c(F)c(F)cc(F)c2F)CCCC1. The second kappa shape index (κ2) is 6.17. The largest absolute Gasteiger partial charge is 0.478 e.